The van der Waals surface area contributed by atoms with Gasteiger partial charge in [0.15, 0.2) is 39.2 Å². The molecule has 0 amide bonds. The molecule has 0 spiro atoms. The van der Waals surface area contributed by atoms with Crippen molar-refractivity contribution in [3.8, 4) is 17.6 Å². The number of rotatable bonds is 19. The minimum absolute atomic E-state index is 0.0000141. The number of benzene rings is 2. The van der Waals surface area contributed by atoms with Gasteiger partial charge in [-0.25, -0.2) is 19.2 Å². The van der Waals surface area contributed by atoms with E-state index in [0.29, 0.717) is 53.1 Å². The van der Waals surface area contributed by atoms with Crippen LogP contribution in [0.25, 0.3) is 10.2 Å². The van der Waals surface area contributed by atoms with E-state index in [1.165, 1.54) is 49.8 Å². The maximum atomic E-state index is 14.8. The van der Waals surface area contributed by atoms with Gasteiger partial charge in [-0.05, 0) is 121 Å². The lowest BCUT2D eigenvalue weighted by Gasteiger charge is -2.26. The summed E-state index contributed by atoms with van der Waals surface area (Å²) in [6, 6.07) is 14.6. The molecule has 12 nitrogen and oxygen atoms in total. The molecule has 56 heavy (non-hydrogen) atoms. The number of piperidine rings is 1. The molecule has 3 aromatic heterocycles. The van der Waals surface area contributed by atoms with Crippen molar-refractivity contribution in [1.29, 1.82) is 0 Å². The number of ether oxygens (including phenoxy) is 1. The summed E-state index contributed by atoms with van der Waals surface area (Å²) in [7, 11) is 3.84. The molecule has 0 saturated carbocycles. The number of carbonyl (C=O) groups is 1. The summed E-state index contributed by atoms with van der Waals surface area (Å²) in [6.07, 6.45) is 6.55. The monoisotopic (exact) mass is 799 g/mol. The zero-order valence-corrected chi connectivity index (χ0v) is 33.9. The topological polar surface area (TPSA) is 132 Å². The minimum atomic E-state index is -1.10. The van der Waals surface area contributed by atoms with E-state index in [0.717, 1.165) is 53.4 Å². The van der Waals surface area contributed by atoms with Gasteiger partial charge in [0.1, 0.15) is 0 Å². The van der Waals surface area contributed by atoms with Crippen molar-refractivity contribution >= 4 is 60.8 Å². The Kier molecular flexibility index (Phi) is 14.9. The van der Waals surface area contributed by atoms with Gasteiger partial charge in [0.05, 0.1) is 23.4 Å². The van der Waals surface area contributed by atoms with Gasteiger partial charge in [-0.3, -0.25) is 4.90 Å². The number of nitrogens with one attached hydrogen (secondary N) is 2. The summed E-state index contributed by atoms with van der Waals surface area (Å²) in [5, 5.41) is 27.5. The number of carboxylic acid groups (broad SMARTS) is 1. The van der Waals surface area contributed by atoms with E-state index in [1.54, 1.807) is 23.5 Å². The molecule has 0 unspecified atom stereocenters. The van der Waals surface area contributed by atoms with Crippen LogP contribution < -0.4 is 20.3 Å². The number of carboxylic acids is 1. The number of halogens is 1. The van der Waals surface area contributed by atoms with Gasteiger partial charge in [0.25, 0.3) is 0 Å². The summed E-state index contributed by atoms with van der Waals surface area (Å²) in [5.41, 5.74) is 2.36. The Labute approximate surface area is 336 Å². The van der Waals surface area contributed by atoms with Crippen molar-refractivity contribution in [3.63, 3.8) is 0 Å². The zero-order chi connectivity index (χ0) is 39.3. The van der Waals surface area contributed by atoms with Crippen LogP contribution in [-0.4, -0.2) is 108 Å². The van der Waals surface area contributed by atoms with Gasteiger partial charge < -0.3 is 30.3 Å². The fourth-order valence-electron chi connectivity index (χ4n) is 6.33. The fraction of sp³-hybridized carbons (Fsp3) is 0.439. The maximum Gasteiger partial charge on any atom is 0.355 e. The van der Waals surface area contributed by atoms with Crippen LogP contribution in [0.15, 0.2) is 48.5 Å². The predicted octanol–water partition coefficient (Wildman–Crippen LogP) is 7.35. The number of para-hydroxylation sites is 1. The number of likely N-dealkylation sites (tertiary alicyclic amines) is 1. The molecule has 5 aromatic rings. The number of anilines is 4. The second kappa shape index (κ2) is 20.4. The summed E-state index contributed by atoms with van der Waals surface area (Å²) in [6.45, 7) is 8.61. The Hall–Kier alpha value is -4.72. The van der Waals surface area contributed by atoms with Crippen molar-refractivity contribution in [2.45, 2.75) is 51.9 Å². The summed E-state index contributed by atoms with van der Waals surface area (Å²) < 4.78 is 21.6. The van der Waals surface area contributed by atoms with E-state index in [1.807, 2.05) is 61.2 Å². The third-order valence-corrected chi connectivity index (χ3v) is 11.4. The molecule has 1 aliphatic heterocycles. The maximum absolute atomic E-state index is 14.8. The van der Waals surface area contributed by atoms with E-state index in [9.17, 15) is 14.3 Å². The first-order chi connectivity index (χ1) is 27.2. The van der Waals surface area contributed by atoms with E-state index < -0.39 is 11.8 Å². The Morgan fingerprint density at radius 3 is 2.62 bits per heavy atom. The molecule has 3 N–H and O–H groups in total. The second-order valence-electron chi connectivity index (χ2n) is 14.1. The van der Waals surface area contributed by atoms with Gasteiger partial charge in [0.2, 0.25) is 0 Å². The molecular formula is C41H50FN9O3S2. The molecule has 0 aliphatic carbocycles. The van der Waals surface area contributed by atoms with Gasteiger partial charge in [-0.2, -0.15) is 0 Å². The first kappa shape index (κ1) is 40.9. The van der Waals surface area contributed by atoms with Gasteiger partial charge >= 0.3 is 5.97 Å². The zero-order valence-electron chi connectivity index (χ0n) is 32.3. The van der Waals surface area contributed by atoms with E-state index in [2.05, 4.69) is 47.5 Å². The molecule has 0 atom stereocenters. The smallest absolute Gasteiger partial charge is 0.355 e. The second-order valence-corrected chi connectivity index (χ2v) is 16.2. The quantitative estimate of drug-likeness (QED) is 0.0570. The standard InChI is InChI=1S/C41H50FN9O3S2/c1-29-27-36(47-48-38(29)46-40-44-32-14-5-6-15-34(32)55-40)51(24-10-7-19-43-20-25-50-22-8-4-9-23-50)41-45-37(39(52)53)35(56-41)16-12-26-54-33-18-17-30(28-31(33)42)13-11-21-49(2)3/h5-6,14-15,17-18,27-28,43H,4,7-10,12,16,19-26H2,1-3H3,(H,52,53)(H,44,46,48). The summed E-state index contributed by atoms with van der Waals surface area (Å²) in [5.74, 6) is 5.68. The first-order valence-electron chi connectivity index (χ1n) is 19.2. The Morgan fingerprint density at radius 2 is 1.86 bits per heavy atom. The SMILES string of the molecule is Cc1cc(N(CCCCNCCN2CCCCC2)c2nc(C(=O)O)c(CCCOc3ccc(C#CCN(C)C)cc3F)s2)nnc1Nc1nc2ccccc2s1. The summed E-state index contributed by atoms with van der Waals surface area (Å²) in [4.78, 5) is 28.8. The summed E-state index contributed by atoms with van der Waals surface area (Å²) >= 11 is 2.87. The number of hydrogen-bond donors (Lipinski definition) is 3. The average Bonchev–Trinajstić information content (AvgIpc) is 3.80. The van der Waals surface area contributed by atoms with E-state index in [-0.39, 0.29) is 18.1 Å². The lowest BCUT2D eigenvalue weighted by Crippen LogP contribution is -2.36. The van der Waals surface area contributed by atoms with Crippen LogP contribution >= 0.6 is 22.7 Å². The van der Waals surface area contributed by atoms with Crippen molar-refractivity contribution in [3.05, 3.63) is 76.0 Å². The Balaban J connectivity index is 1.12. The molecule has 296 valence electrons. The van der Waals surface area contributed by atoms with Crippen LogP contribution in [0.5, 0.6) is 5.75 Å². The van der Waals surface area contributed by atoms with Crippen LogP contribution in [0.3, 0.4) is 0 Å². The Bertz CT molecular complexity index is 2090. The van der Waals surface area contributed by atoms with Crippen LogP contribution in [0.2, 0.25) is 0 Å². The molecule has 2 aromatic carbocycles. The van der Waals surface area contributed by atoms with E-state index >= 15 is 0 Å². The molecular weight excluding hydrogens is 750 g/mol. The number of hydrogen-bond acceptors (Lipinski definition) is 13. The predicted molar refractivity (Wildman–Crippen MR) is 224 cm³/mol. The number of nitrogens with zero attached hydrogens (tertiary/aromatic N) is 7. The van der Waals surface area contributed by atoms with Crippen LogP contribution in [0, 0.1) is 24.6 Å². The third kappa shape index (κ3) is 11.7. The molecule has 0 bridgehead atoms. The molecule has 15 heteroatoms. The van der Waals surface area contributed by atoms with Crippen LogP contribution in [0.4, 0.5) is 26.3 Å². The van der Waals surface area contributed by atoms with Crippen molar-refractivity contribution in [2.75, 3.05) is 76.7 Å². The number of unbranched alkanes of at least 4 members (excludes halogenated alkanes) is 1. The number of aromatic carboxylic acids is 1. The average molecular weight is 800 g/mol. The molecule has 4 heterocycles. The van der Waals surface area contributed by atoms with Crippen LogP contribution in [0.1, 0.15) is 65.0 Å². The molecule has 1 aliphatic rings. The number of aryl methyl sites for hydroxylation is 2. The first-order valence-corrected chi connectivity index (χ1v) is 20.8. The fourth-order valence-corrected chi connectivity index (χ4v) is 8.32. The minimum Gasteiger partial charge on any atom is -0.491 e. The highest BCUT2D eigenvalue weighted by atomic mass is 32.1. The Morgan fingerprint density at radius 1 is 1.02 bits per heavy atom. The van der Waals surface area contributed by atoms with Crippen molar-refractivity contribution in [2.24, 2.45) is 0 Å². The van der Waals surface area contributed by atoms with Crippen molar-refractivity contribution < 1.29 is 19.0 Å². The number of aromatic nitrogens is 4. The van der Waals surface area contributed by atoms with E-state index in [4.69, 9.17) is 4.74 Å². The normalized spacial score (nSPS) is 13.2. The highest BCUT2D eigenvalue weighted by molar-refractivity contribution is 7.22. The van der Waals surface area contributed by atoms with Gasteiger partial charge in [-0.1, -0.05) is 41.7 Å². The lowest BCUT2D eigenvalue weighted by molar-refractivity contribution is 0.0690. The van der Waals surface area contributed by atoms with Gasteiger partial charge in [0, 0.05) is 30.1 Å². The third-order valence-electron chi connectivity index (χ3n) is 9.29. The van der Waals surface area contributed by atoms with Crippen molar-refractivity contribution in [1.82, 2.24) is 35.3 Å². The number of thiazole rings is 2. The van der Waals surface area contributed by atoms with Gasteiger partial charge in [-0.15, -0.1) is 21.5 Å². The molecule has 1 saturated heterocycles. The lowest BCUT2D eigenvalue weighted by atomic mass is 10.1. The molecule has 1 fully saturated rings. The highest BCUT2D eigenvalue weighted by Crippen LogP contribution is 2.34. The number of fused-ring (bicyclic) bond motifs is 1. The largest absolute Gasteiger partial charge is 0.491 e. The molecule has 6 rings (SSSR count). The molecule has 0 radical (unpaired) electrons. The van der Waals surface area contributed by atoms with Crippen LogP contribution in [-0.2, 0) is 6.42 Å². The highest BCUT2D eigenvalue weighted by Gasteiger charge is 2.23.